The van der Waals surface area contributed by atoms with Crippen LogP contribution in [-0.2, 0) is 6.54 Å². The quantitative estimate of drug-likeness (QED) is 0.862. The van der Waals surface area contributed by atoms with Crippen LogP contribution >= 0.6 is 15.9 Å². The lowest BCUT2D eigenvalue weighted by Gasteiger charge is -2.07. The van der Waals surface area contributed by atoms with Crippen molar-refractivity contribution in [2.45, 2.75) is 13.5 Å². The molecule has 0 saturated carbocycles. The molecule has 0 aliphatic rings. The molecule has 0 aliphatic heterocycles. The van der Waals surface area contributed by atoms with Gasteiger partial charge in [-0.2, -0.15) is 5.10 Å². The minimum absolute atomic E-state index is 0.845. The molecule has 0 saturated heterocycles. The van der Waals surface area contributed by atoms with Gasteiger partial charge >= 0.3 is 0 Å². The molecule has 0 atom stereocenters. The van der Waals surface area contributed by atoms with E-state index in [1.54, 1.807) is 7.11 Å². The summed E-state index contributed by atoms with van der Waals surface area (Å²) < 4.78 is 8.18. The minimum Gasteiger partial charge on any atom is -0.497 e. The maximum absolute atomic E-state index is 5.22. The summed E-state index contributed by atoms with van der Waals surface area (Å²) >= 11 is 3.52. The van der Waals surface area contributed by atoms with Crippen molar-refractivity contribution in [3.63, 3.8) is 0 Å². The van der Waals surface area contributed by atoms with Crippen LogP contribution in [0, 0.1) is 0 Å². The number of hydrogen-bond donors (Lipinski definition) is 0. The molecule has 0 spiro atoms. The number of aromatic nitrogens is 2. The molecule has 2 aromatic rings. The monoisotopic (exact) mass is 280 g/mol. The van der Waals surface area contributed by atoms with Crippen LogP contribution in [0.25, 0.3) is 11.3 Å². The zero-order chi connectivity index (χ0) is 11.5. The number of benzene rings is 1. The molecule has 0 amide bonds. The Morgan fingerprint density at radius 1 is 1.44 bits per heavy atom. The van der Waals surface area contributed by atoms with Crippen LogP contribution in [0.4, 0.5) is 0 Å². The van der Waals surface area contributed by atoms with Gasteiger partial charge in [-0.1, -0.05) is 12.1 Å². The summed E-state index contributed by atoms with van der Waals surface area (Å²) in [6.45, 7) is 2.92. The fourth-order valence-electron chi connectivity index (χ4n) is 1.66. The number of methoxy groups -OCH3 is 1. The minimum atomic E-state index is 0.845. The van der Waals surface area contributed by atoms with Crippen molar-refractivity contribution in [2.24, 2.45) is 0 Å². The molecular weight excluding hydrogens is 268 g/mol. The van der Waals surface area contributed by atoms with E-state index in [0.717, 1.165) is 28.0 Å². The second-order valence-electron chi connectivity index (χ2n) is 3.39. The van der Waals surface area contributed by atoms with Crippen molar-refractivity contribution in [3.8, 4) is 17.0 Å². The van der Waals surface area contributed by atoms with Crippen molar-refractivity contribution >= 4 is 15.9 Å². The summed E-state index contributed by atoms with van der Waals surface area (Å²) in [5.74, 6) is 0.855. The Kier molecular flexibility index (Phi) is 3.29. The molecule has 3 nitrogen and oxygen atoms in total. The molecule has 1 aromatic heterocycles. The Labute approximate surface area is 103 Å². The third kappa shape index (κ3) is 1.97. The number of hydrogen-bond acceptors (Lipinski definition) is 2. The standard InChI is InChI=1S/C12H13BrN2O/c1-3-15-12(11(13)8-14-15)9-5-4-6-10(7-9)16-2/h4-8H,3H2,1-2H3. The second-order valence-corrected chi connectivity index (χ2v) is 4.24. The van der Waals surface area contributed by atoms with Crippen LogP contribution in [0.1, 0.15) is 6.92 Å². The lowest BCUT2D eigenvalue weighted by Crippen LogP contribution is -1.99. The molecular formula is C12H13BrN2O. The SMILES string of the molecule is CCn1ncc(Br)c1-c1cccc(OC)c1. The first-order valence-corrected chi connectivity index (χ1v) is 5.91. The van der Waals surface area contributed by atoms with Crippen LogP contribution in [0.15, 0.2) is 34.9 Å². The van der Waals surface area contributed by atoms with Crippen molar-refractivity contribution < 1.29 is 4.74 Å². The molecule has 0 N–H and O–H groups in total. The largest absolute Gasteiger partial charge is 0.497 e. The van der Waals surface area contributed by atoms with Gasteiger partial charge in [0.05, 0.1) is 23.5 Å². The Morgan fingerprint density at radius 2 is 2.25 bits per heavy atom. The second kappa shape index (κ2) is 4.70. The summed E-state index contributed by atoms with van der Waals surface area (Å²) in [5.41, 5.74) is 2.19. The summed E-state index contributed by atoms with van der Waals surface area (Å²) in [6, 6.07) is 7.97. The van der Waals surface area contributed by atoms with Crippen molar-refractivity contribution in [1.29, 1.82) is 0 Å². The average Bonchev–Trinajstić information content (AvgIpc) is 2.70. The Bertz CT molecular complexity index is 494. The first kappa shape index (κ1) is 11.2. The van der Waals surface area contributed by atoms with E-state index in [4.69, 9.17) is 4.74 Å². The molecule has 16 heavy (non-hydrogen) atoms. The highest BCUT2D eigenvalue weighted by Crippen LogP contribution is 2.30. The predicted octanol–water partition coefficient (Wildman–Crippen LogP) is 3.34. The molecule has 4 heteroatoms. The topological polar surface area (TPSA) is 27.1 Å². The first-order valence-electron chi connectivity index (χ1n) is 5.12. The van der Waals surface area contributed by atoms with Gasteiger partial charge in [-0.25, -0.2) is 0 Å². The summed E-state index contributed by atoms with van der Waals surface area (Å²) in [4.78, 5) is 0. The van der Waals surface area contributed by atoms with E-state index in [-0.39, 0.29) is 0 Å². The molecule has 84 valence electrons. The molecule has 1 aromatic carbocycles. The van der Waals surface area contributed by atoms with Gasteiger partial charge in [0.1, 0.15) is 5.75 Å². The normalized spacial score (nSPS) is 10.4. The smallest absolute Gasteiger partial charge is 0.119 e. The van der Waals surface area contributed by atoms with E-state index in [1.807, 2.05) is 29.1 Å². The molecule has 0 aliphatic carbocycles. The van der Waals surface area contributed by atoms with E-state index >= 15 is 0 Å². The van der Waals surface area contributed by atoms with Crippen molar-refractivity contribution in [1.82, 2.24) is 9.78 Å². The van der Waals surface area contributed by atoms with Gasteiger partial charge in [-0.3, -0.25) is 4.68 Å². The predicted molar refractivity (Wildman–Crippen MR) is 67.6 cm³/mol. The number of ether oxygens (including phenoxy) is 1. The van der Waals surface area contributed by atoms with Gasteiger partial charge in [0.25, 0.3) is 0 Å². The van der Waals surface area contributed by atoms with Crippen LogP contribution in [0.3, 0.4) is 0 Å². The highest BCUT2D eigenvalue weighted by Gasteiger charge is 2.10. The van der Waals surface area contributed by atoms with Crippen LogP contribution < -0.4 is 4.74 Å². The van der Waals surface area contributed by atoms with Gasteiger partial charge in [0.2, 0.25) is 0 Å². The third-order valence-corrected chi connectivity index (χ3v) is 3.02. The molecule has 0 radical (unpaired) electrons. The fourth-order valence-corrected chi connectivity index (χ4v) is 2.18. The van der Waals surface area contributed by atoms with E-state index in [0.29, 0.717) is 0 Å². The van der Waals surface area contributed by atoms with E-state index in [2.05, 4.69) is 34.0 Å². The van der Waals surface area contributed by atoms with Gasteiger partial charge < -0.3 is 4.74 Å². The number of aryl methyl sites for hydroxylation is 1. The molecule has 0 unspecified atom stereocenters. The third-order valence-electron chi connectivity index (χ3n) is 2.44. The average molecular weight is 281 g/mol. The molecule has 2 rings (SSSR count). The van der Waals surface area contributed by atoms with Crippen LogP contribution in [0.2, 0.25) is 0 Å². The van der Waals surface area contributed by atoms with Gasteiger partial charge in [-0.05, 0) is 35.0 Å². The van der Waals surface area contributed by atoms with Crippen LogP contribution in [0.5, 0.6) is 5.75 Å². The molecule has 0 fully saturated rings. The lowest BCUT2D eigenvalue weighted by molar-refractivity contribution is 0.415. The van der Waals surface area contributed by atoms with E-state index in [1.165, 1.54) is 0 Å². The first-order chi connectivity index (χ1) is 7.76. The van der Waals surface area contributed by atoms with Gasteiger partial charge in [0, 0.05) is 12.1 Å². The van der Waals surface area contributed by atoms with Crippen molar-refractivity contribution in [3.05, 3.63) is 34.9 Å². The fraction of sp³-hybridized carbons (Fsp3) is 0.250. The Hall–Kier alpha value is -1.29. The van der Waals surface area contributed by atoms with Gasteiger partial charge in [-0.15, -0.1) is 0 Å². The number of halogens is 1. The highest BCUT2D eigenvalue weighted by molar-refractivity contribution is 9.10. The number of nitrogens with zero attached hydrogens (tertiary/aromatic N) is 2. The summed E-state index contributed by atoms with van der Waals surface area (Å²) in [5, 5.41) is 4.30. The zero-order valence-electron chi connectivity index (χ0n) is 9.27. The lowest BCUT2D eigenvalue weighted by atomic mass is 10.1. The molecule has 1 heterocycles. The zero-order valence-corrected chi connectivity index (χ0v) is 10.9. The van der Waals surface area contributed by atoms with Crippen molar-refractivity contribution in [2.75, 3.05) is 7.11 Å². The maximum Gasteiger partial charge on any atom is 0.119 e. The Balaban J connectivity index is 2.53. The Morgan fingerprint density at radius 3 is 2.94 bits per heavy atom. The van der Waals surface area contributed by atoms with Crippen LogP contribution in [-0.4, -0.2) is 16.9 Å². The maximum atomic E-state index is 5.22. The van der Waals surface area contributed by atoms with Gasteiger partial charge in [0.15, 0.2) is 0 Å². The summed E-state index contributed by atoms with van der Waals surface area (Å²) in [7, 11) is 1.67. The number of rotatable bonds is 3. The molecule has 0 bridgehead atoms. The summed E-state index contributed by atoms with van der Waals surface area (Å²) in [6.07, 6.45) is 1.82. The van der Waals surface area contributed by atoms with E-state index in [9.17, 15) is 0 Å². The highest BCUT2D eigenvalue weighted by atomic mass is 79.9. The van der Waals surface area contributed by atoms with E-state index < -0.39 is 0 Å².